The van der Waals surface area contributed by atoms with Crippen LogP contribution in [0.2, 0.25) is 5.02 Å². The van der Waals surface area contributed by atoms with Gasteiger partial charge in [0, 0.05) is 5.69 Å². The van der Waals surface area contributed by atoms with E-state index in [-0.39, 0.29) is 10.6 Å². The lowest BCUT2D eigenvalue weighted by Gasteiger charge is -2.10. The molecule has 0 aliphatic rings. The molecule has 21 heavy (non-hydrogen) atoms. The van der Waals surface area contributed by atoms with Crippen LogP contribution in [0, 0.1) is 6.92 Å². The van der Waals surface area contributed by atoms with Gasteiger partial charge < -0.3 is 10.4 Å². The number of nitrogens with one attached hydrogen (secondary N) is 1. The number of hydrogen-bond acceptors (Lipinski definition) is 4. The fourth-order valence-electron chi connectivity index (χ4n) is 2.06. The van der Waals surface area contributed by atoms with Crippen LogP contribution in [0.4, 0.5) is 11.5 Å². The highest BCUT2D eigenvalue weighted by Crippen LogP contribution is 2.24. The number of nitrogens with zero attached hydrogens (tertiary/aromatic N) is 3. The van der Waals surface area contributed by atoms with Crippen molar-refractivity contribution in [3.8, 4) is 0 Å². The van der Waals surface area contributed by atoms with E-state index in [0.29, 0.717) is 17.2 Å². The third-order valence-electron chi connectivity index (χ3n) is 2.99. The van der Waals surface area contributed by atoms with E-state index in [2.05, 4.69) is 15.4 Å². The number of benzene rings is 1. The summed E-state index contributed by atoms with van der Waals surface area (Å²) in [6.07, 6.45) is 1.46. The maximum Gasteiger partial charge on any atom is 0.337 e. The van der Waals surface area contributed by atoms with Crippen LogP contribution in [0.5, 0.6) is 0 Å². The maximum atomic E-state index is 11.1. The average Bonchev–Trinajstić information content (AvgIpc) is 2.88. The van der Waals surface area contributed by atoms with Crippen molar-refractivity contribution in [3.63, 3.8) is 0 Å². The standard InChI is InChI=1S/C14H11ClN4O2/c1-8-4-12-16-7-17-19(12)13(5-8)18-9-2-3-11(15)10(6-9)14(20)21/h2-7,18H,1H3,(H,20,21). The van der Waals surface area contributed by atoms with Crippen LogP contribution in [0.3, 0.4) is 0 Å². The van der Waals surface area contributed by atoms with Crippen molar-refractivity contribution >= 4 is 34.7 Å². The van der Waals surface area contributed by atoms with Gasteiger partial charge >= 0.3 is 5.97 Å². The highest BCUT2D eigenvalue weighted by Gasteiger charge is 2.11. The molecule has 0 radical (unpaired) electrons. The predicted octanol–water partition coefficient (Wildman–Crippen LogP) is 3.13. The molecule has 0 fully saturated rings. The van der Waals surface area contributed by atoms with Crippen LogP contribution >= 0.6 is 11.6 Å². The predicted molar refractivity (Wildman–Crippen MR) is 79.4 cm³/mol. The van der Waals surface area contributed by atoms with Gasteiger partial charge in [-0.05, 0) is 42.8 Å². The zero-order valence-corrected chi connectivity index (χ0v) is 11.8. The summed E-state index contributed by atoms with van der Waals surface area (Å²) in [5.74, 6) is -0.375. The molecule has 0 aliphatic carbocycles. The van der Waals surface area contributed by atoms with Gasteiger partial charge in [0.2, 0.25) is 0 Å². The fourth-order valence-corrected chi connectivity index (χ4v) is 2.26. The summed E-state index contributed by atoms with van der Waals surface area (Å²) in [4.78, 5) is 15.3. The van der Waals surface area contributed by atoms with Gasteiger partial charge in [-0.15, -0.1) is 0 Å². The summed E-state index contributed by atoms with van der Waals surface area (Å²) < 4.78 is 1.64. The number of halogens is 1. The molecule has 2 N–H and O–H groups in total. The number of carboxylic acids is 1. The first-order valence-corrected chi connectivity index (χ1v) is 6.52. The molecular formula is C14H11ClN4O2. The van der Waals surface area contributed by atoms with Gasteiger partial charge in [0.25, 0.3) is 0 Å². The van der Waals surface area contributed by atoms with Crippen LogP contribution < -0.4 is 5.32 Å². The molecule has 0 atom stereocenters. The lowest BCUT2D eigenvalue weighted by Crippen LogP contribution is -2.03. The summed E-state index contributed by atoms with van der Waals surface area (Å²) in [5, 5.41) is 16.6. The van der Waals surface area contributed by atoms with Crippen molar-refractivity contribution in [2.75, 3.05) is 5.32 Å². The molecule has 7 heteroatoms. The number of anilines is 2. The number of carboxylic acid groups (broad SMARTS) is 1. The Morgan fingerprint density at radius 1 is 1.33 bits per heavy atom. The lowest BCUT2D eigenvalue weighted by molar-refractivity contribution is 0.0697. The van der Waals surface area contributed by atoms with Gasteiger partial charge in [-0.1, -0.05) is 11.6 Å². The van der Waals surface area contributed by atoms with Crippen molar-refractivity contribution in [2.45, 2.75) is 6.92 Å². The van der Waals surface area contributed by atoms with Crippen LogP contribution in [-0.2, 0) is 0 Å². The van der Waals surface area contributed by atoms with E-state index >= 15 is 0 Å². The molecule has 0 spiro atoms. The van der Waals surface area contributed by atoms with Crippen LogP contribution in [-0.4, -0.2) is 25.7 Å². The molecule has 0 saturated carbocycles. The maximum absolute atomic E-state index is 11.1. The Bertz CT molecular complexity index is 844. The minimum absolute atomic E-state index is 0.0455. The molecule has 3 aromatic rings. The van der Waals surface area contributed by atoms with E-state index in [4.69, 9.17) is 16.7 Å². The highest BCUT2D eigenvalue weighted by molar-refractivity contribution is 6.33. The van der Waals surface area contributed by atoms with Crippen molar-refractivity contribution in [1.82, 2.24) is 14.6 Å². The Labute approximate surface area is 125 Å². The molecule has 3 rings (SSSR count). The number of rotatable bonds is 3. The number of aromatic carboxylic acids is 1. The molecule has 1 aromatic carbocycles. The second-order valence-electron chi connectivity index (χ2n) is 4.57. The molecule has 6 nitrogen and oxygen atoms in total. The summed E-state index contributed by atoms with van der Waals surface area (Å²) in [7, 11) is 0. The second kappa shape index (κ2) is 5.06. The minimum Gasteiger partial charge on any atom is -0.478 e. The summed E-state index contributed by atoms with van der Waals surface area (Å²) >= 11 is 5.86. The molecule has 0 unspecified atom stereocenters. The molecule has 0 saturated heterocycles. The third-order valence-corrected chi connectivity index (χ3v) is 3.32. The van der Waals surface area contributed by atoms with E-state index in [9.17, 15) is 4.79 Å². The van der Waals surface area contributed by atoms with Crippen molar-refractivity contribution < 1.29 is 9.90 Å². The molecule has 2 aromatic heterocycles. The topological polar surface area (TPSA) is 79.5 Å². The highest BCUT2D eigenvalue weighted by atomic mass is 35.5. The van der Waals surface area contributed by atoms with E-state index in [1.807, 2.05) is 19.1 Å². The number of hydrogen-bond donors (Lipinski definition) is 2. The molecule has 0 amide bonds. The van der Waals surface area contributed by atoms with Crippen molar-refractivity contribution in [2.24, 2.45) is 0 Å². The monoisotopic (exact) mass is 302 g/mol. The first kappa shape index (κ1) is 13.4. The van der Waals surface area contributed by atoms with Gasteiger partial charge in [0.15, 0.2) is 5.65 Å². The number of fused-ring (bicyclic) bond motifs is 1. The Balaban J connectivity index is 2.04. The van der Waals surface area contributed by atoms with Crippen molar-refractivity contribution in [1.29, 1.82) is 0 Å². The summed E-state index contributed by atoms with van der Waals surface area (Å²) in [6, 6.07) is 8.54. The number of aromatic nitrogens is 3. The molecule has 0 aliphatic heterocycles. The quantitative estimate of drug-likeness (QED) is 0.777. The second-order valence-corrected chi connectivity index (χ2v) is 4.98. The van der Waals surface area contributed by atoms with E-state index in [1.54, 1.807) is 16.6 Å². The van der Waals surface area contributed by atoms with Crippen LogP contribution in [0.25, 0.3) is 5.65 Å². The minimum atomic E-state index is -1.07. The average molecular weight is 303 g/mol. The Kier molecular flexibility index (Phi) is 3.23. The van der Waals surface area contributed by atoms with Gasteiger partial charge in [-0.3, -0.25) is 0 Å². The van der Waals surface area contributed by atoms with Crippen LogP contribution in [0.15, 0.2) is 36.7 Å². The van der Waals surface area contributed by atoms with Gasteiger partial charge in [0.05, 0.1) is 10.6 Å². The molecule has 0 bridgehead atoms. The van der Waals surface area contributed by atoms with Crippen LogP contribution in [0.1, 0.15) is 15.9 Å². The number of pyridine rings is 1. The van der Waals surface area contributed by atoms with E-state index in [1.165, 1.54) is 12.4 Å². The van der Waals surface area contributed by atoms with Gasteiger partial charge in [0.1, 0.15) is 12.1 Å². The first-order chi connectivity index (χ1) is 10.0. The Morgan fingerprint density at radius 3 is 2.90 bits per heavy atom. The smallest absolute Gasteiger partial charge is 0.337 e. The number of aryl methyl sites for hydroxylation is 1. The van der Waals surface area contributed by atoms with Gasteiger partial charge in [-0.25, -0.2) is 9.78 Å². The fraction of sp³-hybridized carbons (Fsp3) is 0.0714. The molecule has 2 heterocycles. The van der Waals surface area contributed by atoms with Gasteiger partial charge in [-0.2, -0.15) is 9.61 Å². The zero-order valence-electron chi connectivity index (χ0n) is 11.0. The number of carbonyl (C=O) groups is 1. The molecular weight excluding hydrogens is 292 g/mol. The van der Waals surface area contributed by atoms with E-state index < -0.39 is 5.97 Å². The molecule has 106 valence electrons. The summed E-state index contributed by atoms with van der Waals surface area (Å²) in [5.41, 5.74) is 2.39. The van der Waals surface area contributed by atoms with Crippen molar-refractivity contribution in [3.05, 3.63) is 52.8 Å². The Hall–Kier alpha value is -2.60. The normalized spacial score (nSPS) is 10.8. The SMILES string of the molecule is Cc1cc(Nc2ccc(Cl)c(C(=O)O)c2)n2ncnc2c1. The zero-order chi connectivity index (χ0) is 15.0. The van der Waals surface area contributed by atoms with E-state index in [0.717, 1.165) is 5.56 Å². The Morgan fingerprint density at radius 2 is 2.14 bits per heavy atom. The summed E-state index contributed by atoms with van der Waals surface area (Å²) in [6.45, 7) is 1.95. The largest absolute Gasteiger partial charge is 0.478 e. The third kappa shape index (κ3) is 2.53. The first-order valence-electron chi connectivity index (χ1n) is 6.15. The lowest BCUT2D eigenvalue weighted by atomic mass is 10.2.